The summed E-state index contributed by atoms with van der Waals surface area (Å²) >= 11 is 0. The Morgan fingerprint density at radius 1 is 1.23 bits per heavy atom. The van der Waals surface area contributed by atoms with Gasteiger partial charge in [0.2, 0.25) is 0 Å². The van der Waals surface area contributed by atoms with E-state index in [4.69, 9.17) is 13.9 Å². The van der Waals surface area contributed by atoms with Crippen LogP contribution in [0.1, 0.15) is 41.8 Å². The van der Waals surface area contributed by atoms with Gasteiger partial charge in [0.1, 0.15) is 10.7 Å². The molecule has 2 saturated heterocycles. The average Bonchev–Trinajstić information content (AvgIpc) is 3.24. The van der Waals surface area contributed by atoms with Gasteiger partial charge in [-0.25, -0.2) is 4.39 Å². The number of hydrogen-bond acceptors (Lipinski definition) is 6. The molecule has 1 aromatic carbocycles. The third kappa shape index (κ3) is 4.52. The summed E-state index contributed by atoms with van der Waals surface area (Å²) in [4.78, 5) is 24.3. The Hall–Kier alpha value is -2.78. The first-order valence-corrected chi connectivity index (χ1v) is 9.98. The van der Waals surface area contributed by atoms with Crippen LogP contribution in [0, 0.1) is 15.9 Å². The molecular weight excluding hydrogens is 395 g/mol. The fraction of sp³-hybridized carbons (Fsp3) is 0.476. The van der Waals surface area contributed by atoms with Crippen molar-refractivity contribution in [3.63, 3.8) is 0 Å². The number of nitrogens with zero attached hydrogens (tertiary/aromatic N) is 2. The van der Waals surface area contributed by atoms with Crippen LogP contribution < -0.4 is 0 Å². The SMILES string of the molecule is O=C(c1ccc([N+](=O)[O-])o1)N1CCC2(CC1)CC(OCc1ccc(F)cc1)CCO2. The second-order valence-electron chi connectivity index (χ2n) is 7.77. The fourth-order valence-corrected chi connectivity index (χ4v) is 4.08. The second-order valence-corrected chi connectivity index (χ2v) is 7.77. The summed E-state index contributed by atoms with van der Waals surface area (Å²) in [6.45, 7) is 1.98. The van der Waals surface area contributed by atoms with Gasteiger partial charge in [-0.05, 0) is 43.0 Å². The van der Waals surface area contributed by atoms with E-state index in [0.717, 1.165) is 18.4 Å². The summed E-state index contributed by atoms with van der Waals surface area (Å²) in [7, 11) is 0. The van der Waals surface area contributed by atoms with Crippen LogP contribution in [0.15, 0.2) is 40.8 Å². The minimum atomic E-state index is -0.663. The van der Waals surface area contributed by atoms with Crippen molar-refractivity contribution in [1.82, 2.24) is 4.90 Å². The molecule has 3 heterocycles. The van der Waals surface area contributed by atoms with Gasteiger partial charge < -0.3 is 18.8 Å². The van der Waals surface area contributed by atoms with Crippen molar-refractivity contribution in [2.75, 3.05) is 19.7 Å². The van der Waals surface area contributed by atoms with Gasteiger partial charge >= 0.3 is 5.88 Å². The Morgan fingerprint density at radius 2 is 1.97 bits per heavy atom. The van der Waals surface area contributed by atoms with Crippen LogP contribution in [-0.2, 0) is 16.1 Å². The number of piperidine rings is 1. The minimum Gasteiger partial charge on any atom is -0.395 e. The van der Waals surface area contributed by atoms with Crippen molar-refractivity contribution in [3.8, 4) is 0 Å². The number of halogens is 1. The number of carbonyl (C=O) groups is 1. The molecule has 0 aliphatic carbocycles. The molecule has 160 valence electrons. The molecule has 8 nitrogen and oxygen atoms in total. The quantitative estimate of drug-likeness (QED) is 0.543. The van der Waals surface area contributed by atoms with Crippen molar-refractivity contribution in [1.29, 1.82) is 0 Å². The molecule has 1 aromatic heterocycles. The molecule has 0 radical (unpaired) electrons. The zero-order valence-electron chi connectivity index (χ0n) is 16.4. The van der Waals surface area contributed by atoms with Crippen LogP contribution in [-0.4, -0.2) is 47.1 Å². The lowest BCUT2D eigenvalue weighted by atomic mass is 9.83. The molecule has 1 atom stereocenters. The number of likely N-dealkylation sites (tertiary alicyclic amines) is 1. The molecule has 30 heavy (non-hydrogen) atoms. The van der Waals surface area contributed by atoms with Gasteiger partial charge in [-0.1, -0.05) is 12.1 Å². The van der Waals surface area contributed by atoms with E-state index < -0.39 is 10.8 Å². The van der Waals surface area contributed by atoms with Crippen LogP contribution in [0.5, 0.6) is 0 Å². The predicted molar refractivity (Wildman–Crippen MR) is 103 cm³/mol. The standard InChI is InChI=1S/C21H23FN2O6/c22-16-3-1-15(2-4-16)14-28-17-7-12-29-21(13-17)8-10-23(11-9-21)20(25)18-5-6-19(30-18)24(26)27/h1-6,17H,7-14H2. The lowest BCUT2D eigenvalue weighted by Gasteiger charge is -2.45. The Labute approximate surface area is 172 Å². The molecule has 1 unspecified atom stereocenters. The Kier molecular flexibility index (Phi) is 5.83. The van der Waals surface area contributed by atoms with Gasteiger partial charge in [-0.3, -0.25) is 14.9 Å². The lowest BCUT2D eigenvalue weighted by molar-refractivity contribution is -0.402. The van der Waals surface area contributed by atoms with E-state index in [1.807, 2.05) is 0 Å². The van der Waals surface area contributed by atoms with E-state index in [0.29, 0.717) is 39.1 Å². The zero-order chi connectivity index (χ0) is 21.1. The Balaban J connectivity index is 1.31. The molecule has 1 amide bonds. The summed E-state index contributed by atoms with van der Waals surface area (Å²) in [6.07, 6.45) is 2.90. The number of rotatable bonds is 5. The Morgan fingerprint density at radius 3 is 2.63 bits per heavy atom. The molecule has 2 fully saturated rings. The molecule has 1 spiro atoms. The van der Waals surface area contributed by atoms with Crippen molar-refractivity contribution >= 4 is 11.8 Å². The van der Waals surface area contributed by atoms with E-state index in [9.17, 15) is 19.3 Å². The van der Waals surface area contributed by atoms with Gasteiger partial charge in [0.25, 0.3) is 5.91 Å². The normalized spacial score (nSPS) is 21.0. The second kappa shape index (κ2) is 8.53. The molecule has 2 aliphatic heterocycles. The number of ether oxygens (including phenoxy) is 2. The van der Waals surface area contributed by atoms with Crippen LogP contribution >= 0.6 is 0 Å². The molecule has 0 saturated carbocycles. The lowest BCUT2D eigenvalue weighted by Crippen LogP contribution is -2.52. The first-order valence-electron chi connectivity index (χ1n) is 9.98. The number of furan rings is 1. The summed E-state index contributed by atoms with van der Waals surface area (Å²) in [5.74, 6) is -1.08. The molecule has 4 rings (SSSR count). The molecule has 0 N–H and O–H groups in total. The highest BCUT2D eigenvalue weighted by Gasteiger charge is 2.42. The van der Waals surface area contributed by atoms with Gasteiger partial charge in [-0.15, -0.1) is 0 Å². The number of nitro groups is 1. The number of amides is 1. The zero-order valence-corrected chi connectivity index (χ0v) is 16.4. The number of benzene rings is 1. The maximum absolute atomic E-state index is 13.0. The average molecular weight is 418 g/mol. The van der Waals surface area contributed by atoms with E-state index in [1.165, 1.54) is 24.3 Å². The third-order valence-electron chi connectivity index (χ3n) is 5.79. The van der Waals surface area contributed by atoms with Crippen molar-refractivity contribution in [2.24, 2.45) is 0 Å². The molecule has 2 aliphatic rings. The highest BCUT2D eigenvalue weighted by Crippen LogP contribution is 2.36. The summed E-state index contributed by atoms with van der Waals surface area (Å²) in [6, 6.07) is 8.79. The molecular formula is C21H23FN2O6. The van der Waals surface area contributed by atoms with Crippen LogP contribution in [0.3, 0.4) is 0 Å². The van der Waals surface area contributed by atoms with Gasteiger partial charge in [0, 0.05) is 26.1 Å². The maximum atomic E-state index is 13.0. The van der Waals surface area contributed by atoms with E-state index in [2.05, 4.69) is 0 Å². The van der Waals surface area contributed by atoms with Gasteiger partial charge in [0.05, 0.1) is 24.4 Å². The summed E-state index contributed by atoms with van der Waals surface area (Å²) < 4.78 is 30.2. The first kappa shape index (κ1) is 20.5. The smallest absolute Gasteiger partial charge is 0.395 e. The van der Waals surface area contributed by atoms with Gasteiger partial charge in [0.15, 0.2) is 5.76 Å². The fourth-order valence-electron chi connectivity index (χ4n) is 4.08. The molecule has 9 heteroatoms. The van der Waals surface area contributed by atoms with E-state index in [1.54, 1.807) is 17.0 Å². The largest absolute Gasteiger partial charge is 0.433 e. The van der Waals surface area contributed by atoms with E-state index >= 15 is 0 Å². The number of hydrogen-bond donors (Lipinski definition) is 0. The predicted octanol–water partition coefficient (Wildman–Crippen LogP) is 3.70. The molecule has 2 aromatic rings. The van der Waals surface area contributed by atoms with Crippen molar-refractivity contribution in [2.45, 2.75) is 44.0 Å². The summed E-state index contributed by atoms with van der Waals surface area (Å²) in [5.41, 5.74) is 0.586. The summed E-state index contributed by atoms with van der Waals surface area (Å²) in [5, 5.41) is 10.7. The van der Waals surface area contributed by atoms with Crippen molar-refractivity contribution < 1.29 is 28.0 Å². The highest BCUT2D eigenvalue weighted by molar-refractivity contribution is 5.91. The number of carbonyl (C=O) groups excluding carboxylic acids is 1. The first-order chi connectivity index (χ1) is 14.4. The minimum absolute atomic E-state index is 0.0253. The van der Waals surface area contributed by atoms with Gasteiger partial charge in [-0.2, -0.15) is 0 Å². The van der Waals surface area contributed by atoms with Crippen LogP contribution in [0.2, 0.25) is 0 Å². The Bertz CT molecular complexity index is 904. The third-order valence-corrected chi connectivity index (χ3v) is 5.79. The van der Waals surface area contributed by atoms with Crippen molar-refractivity contribution in [3.05, 3.63) is 63.7 Å². The highest BCUT2D eigenvalue weighted by atomic mass is 19.1. The topological polar surface area (TPSA) is 95.0 Å². The molecule has 0 bridgehead atoms. The van der Waals surface area contributed by atoms with Crippen LogP contribution in [0.4, 0.5) is 10.3 Å². The van der Waals surface area contributed by atoms with Crippen LogP contribution in [0.25, 0.3) is 0 Å². The maximum Gasteiger partial charge on any atom is 0.433 e. The van der Waals surface area contributed by atoms with E-state index in [-0.39, 0.29) is 29.2 Å². The monoisotopic (exact) mass is 418 g/mol.